The molecule has 0 bridgehead atoms. The Balaban J connectivity index is 2.40. The lowest BCUT2D eigenvalue weighted by atomic mass is 10.2. The maximum Gasteiger partial charge on any atom is 0.381 e. The smallest absolute Gasteiger partial charge is 0.381 e. The number of sulfonamides is 1. The SMILES string of the molecule is CCOC(=O)C(F)(F)/C=C(\c1ccccc1)S(=O)(=O)NN1CCOCC1. The van der Waals surface area contributed by atoms with E-state index in [1.807, 2.05) is 0 Å². The molecule has 1 aliphatic rings. The summed E-state index contributed by atoms with van der Waals surface area (Å²) in [7, 11) is -4.36. The van der Waals surface area contributed by atoms with Crippen molar-refractivity contribution in [2.45, 2.75) is 12.8 Å². The molecule has 1 aromatic rings. The van der Waals surface area contributed by atoms with Crippen molar-refractivity contribution in [1.29, 1.82) is 0 Å². The summed E-state index contributed by atoms with van der Waals surface area (Å²) in [5.74, 6) is -5.91. The first-order valence-electron chi connectivity index (χ1n) is 7.95. The summed E-state index contributed by atoms with van der Waals surface area (Å²) in [6, 6.07) is 7.37. The van der Waals surface area contributed by atoms with Crippen LogP contribution in [-0.2, 0) is 24.3 Å². The van der Waals surface area contributed by atoms with Gasteiger partial charge in [-0.2, -0.15) is 8.78 Å². The van der Waals surface area contributed by atoms with E-state index in [0.717, 1.165) is 0 Å². The molecule has 0 spiro atoms. The first kappa shape index (κ1) is 20.4. The molecule has 26 heavy (non-hydrogen) atoms. The topological polar surface area (TPSA) is 84.9 Å². The lowest BCUT2D eigenvalue weighted by molar-refractivity contribution is -0.164. The average molecular weight is 390 g/mol. The van der Waals surface area contributed by atoms with Crippen LogP contribution in [0.1, 0.15) is 12.5 Å². The minimum atomic E-state index is -4.36. The Morgan fingerprint density at radius 1 is 1.31 bits per heavy atom. The highest BCUT2D eigenvalue weighted by atomic mass is 32.2. The van der Waals surface area contributed by atoms with Crippen LogP contribution in [0.4, 0.5) is 8.78 Å². The number of benzene rings is 1. The van der Waals surface area contributed by atoms with Crippen molar-refractivity contribution in [2.75, 3.05) is 32.9 Å². The van der Waals surface area contributed by atoms with Gasteiger partial charge >= 0.3 is 11.9 Å². The van der Waals surface area contributed by atoms with Crippen LogP contribution < -0.4 is 4.83 Å². The summed E-state index contributed by atoms with van der Waals surface area (Å²) in [5.41, 5.74) is 0.0252. The molecule has 1 aromatic carbocycles. The molecule has 1 N–H and O–H groups in total. The van der Waals surface area contributed by atoms with Crippen molar-refractivity contribution in [1.82, 2.24) is 9.84 Å². The maximum absolute atomic E-state index is 14.2. The molecular weight excluding hydrogens is 370 g/mol. The zero-order chi connectivity index (χ0) is 19.2. The molecule has 0 radical (unpaired) electrons. The number of hydrogen-bond donors (Lipinski definition) is 1. The van der Waals surface area contributed by atoms with E-state index < -0.39 is 26.8 Å². The van der Waals surface area contributed by atoms with Gasteiger partial charge in [0.15, 0.2) is 0 Å². The van der Waals surface area contributed by atoms with Crippen LogP contribution >= 0.6 is 0 Å². The van der Waals surface area contributed by atoms with E-state index in [2.05, 4.69) is 9.57 Å². The van der Waals surface area contributed by atoms with Crippen LogP contribution in [0.5, 0.6) is 0 Å². The van der Waals surface area contributed by atoms with Crippen LogP contribution in [0, 0.1) is 0 Å². The Hall–Kier alpha value is -1.88. The fraction of sp³-hybridized carbons (Fsp3) is 0.438. The van der Waals surface area contributed by atoms with Crippen molar-refractivity contribution in [3.05, 3.63) is 42.0 Å². The maximum atomic E-state index is 14.2. The van der Waals surface area contributed by atoms with Crippen LogP contribution in [0.2, 0.25) is 0 Å². The number of rotatable bonds is 7. The van der Waals surface area contributed by atoms with Crippen LogP contribution in [0.25, 0.3) is 4.91 Å². The summed E-state index contributed by atoms with van der Waals surface area (Å²) in [6.07, 6.45) is 0.114. The summed E-state index contributed by atoms with van der Waals surface area (Å²) < 4.78 is 63.2. The summed E-state index contributed by atoms with van der Waals surface area (Å²) in [6.45, 7) is 2.30. The van der Waals surface area contributed by atoms with Gasteiger partial charge in [0.1, 0.15) is 0 Å². The van der Waals surface area contributed by atoms with Crippen molar-refractivity contribution < 1.29 is 31.5 Å². The molecule has 7 nitrogen and oxygen atoms in total. The Morgan fingerprint density at radius 3 is 2.50 bits per heavy atom. The van der Waals surface area contributed by atoms with Gasteiger partial charge in [-0.1, -0.05) is 30.3 Å². The second-order valence-electron chi connectivity index (χ2n) is 5.41. The number of nitrogens with zero attached hydrogens (tertiary/aromatic N) is 1. The van der Waals surface area contributed by atoms with E-state index in [1.165, 1.54) is 36.2 Å². The molecular formula is C16H20F2N2O5S. The minimum Gasteiger partial charge on any atom is -0.461 e. The number of hydrogen-bond acceptors (Lipinski definition) is 6. The zero-order valence-electron chi connectivity index (χ0n) is 14.2. The number of halogens is 2. The highest BCUT2D eigenvalue weighted by Crippen LogP contribution is 2.28. The van der Waals surface area contributed by atoms with E-state index in [4.69, 9.17) is 4.74 Å². The third kappa shape index (κ3) is 5.31. The van der Waals surface area contributed by atoms with Gasteiger partial charge in [0, 0.05) is 19.2 Å². The number of morpholine rings is 1. The molecule has 10 heteroatoms. The number of hydrazine groups is 1. The second kappa shape index (κ2) is 8.67. The minimum absolute atomic E-state index is 0.0252. The number of carbonyl (C=O) groups excluding carboxylic acids is 1. The van der Waals surface area contributed by atoms with E-state index in [1.54, 1.807) is 6.07 Å². The molecule has 144 valence electrons. The molecule has 0 atom stereocenters. The summed E-state index contributed by atoms with van der Waals surface area (Å²) in [5, 5.41) is 1.36. The third-order valence-electron chi connectivity index (χ3n) is 3.47. The summed E-state index contributed by atoms with van der Waals surface area (Å²) >= 11 is 0. The second-order valence-corrected chi connectivity index (χ2v) is 7.04. The lowest BCUT2D eigenvalue weighted by Gasteiger charge is -2.27. The van der Waals surface area contributed by atoms with Crippen LogP contribution in [-0.4, -0.2) is 58.2 Å². The number of esters is 1. The van der Waals surface area contributed by atoms with Gasteiger partial charge in [-0.3, -0.25) is 0 Å². The molecule has 0 amide bonds. The van der Waals surface area contributed by atoms with Crippen molar-refractivity contribution >= 4 is 20.9 Å². The Kier molecular flexibility index (Phi) is 6.81. The average Bonchev–Trinajstić information content (AvgIpc) is 2.61. The fourth-order valence-electron chi connectivity index (χ4n) is 2.24. The van der Waals surface area contributed by atoms with E-state index in [9.17, 15) is 22.0 Å². The predicted octanol–water partition coefficient (Wildman–Crippen LogP) is 1.39. The zero-order valence-corrected chi connectivity index (χ0v) is 15.0. The predicted molar refractivity (Wildman–Crippen MR) is 90.4 cm³/mol. The quantitative estimate of drug-likeness (QED) is 0.709. The molecule has 1 aliphatic heterocycles. The van der Waals surface area contributed by atoms with Crippen molar-refractivity contribution in [3.8, 4) is 0 Å². The van der Waals surface area contributed by atoms with Gasteiger partial charge in [0.05, 0.1) is 24.7 Å². The van der Waals surface area contributed by atoms with Gasteiger partial charge in [-0.25, -0.2) is 18.2 Å². The molecule has 1 fully saturated rings. The molecule has 0 aliphatic carbocycles. The first-order chi connectivity index (χ1) is 12.3. The van der Waals surface area contributed by atoms with Gasteiger partial charge < -0.3 is 9.47 Å². The third-order valence-corrected chi connectivity index (χ3v) is 4.90. The lowest BCUT2D eigenvalue weighted by Crippen LogP contribution is -2.48. The van der Waals surface area contributed by atoms with Crippen LogP contribution in [0.15, 0.2) is 36.4 Å². The number of ether oxygens (including phenoxy) is 2. The first-order valence-corrected chi connectivity index (χ1v) is 9.43. The fourth-order valence-corrected chi connectivity index (χ4v) is 3.61. The van der Waals surface area contributed by atoms with Crippen molar-refractivity contribution in [2.24, 2.45) is 0 Å². The monoisotopic (exact) mass is 390 g/mol. The van der Waals surface area contributed by atoms with E-state index in [0.29, 0.717) is 13.2 Å². The largest absolute Gasteiger partial charge is 0.461 e. The normalized spacial score (nSPS) is 17.1. The molecule has 0 unspecified atom stereocenters. The van der Waals surface area contributed by atoms with E-state index >= 15 is 0 Å². The van der Waals surface area contributed by atoms with E-state index in [-0.39, 0.29) is 31.3 Å². The number of nitrogens with one attached hydrogen (secondary N) is 1. The Labute approximate surface area is 150 Å². The molecule has 2 rings (SSSR count). The Bertz CT molecular complexity index is 747. The molecule has 1 saturated heterocycles. The summed E-state index contributed by atoms with van der Waals surface area (Å²) in [4.78, 5) is 13.0. The number of carbonyl (C=O) groups is 1. The molecule has 1 heterocycles. The van der Waals surface area contributed by atoms with Gasteiger partial charge in [0.2, 0.25) is 0 Å². The van der Waals surface area contributed by atoms with Crippen LogP contribution in [0.3, 0.4) is 0 Å². The van der Waals surface area contributed by atoms with Gasteiger partial charge in [-0.05, 0) is 12.5 Å². The number of alkyl halides is 2. The highest BCUT2D eigenvalue weighted by molar-refractivity contribution is 7.98. The highest BCUT2D eigenvalue weighted by Gasteiger charge is 2.41. The Morgan fingerprint density at radius 2 is 1.92 bits per heavy atom. The van der Waals surface area contributed by atoms with Gasteiger partial charge in [-0.15, -0.1) is 4.83 Å². The molecule has 0 saturated carbocycles. The standard InChI is InChI=1S/C16H20F2N2O5S/c1-2-25-15(21)16(17,18)12-14(13-6-4-3-5-7-13)26(22,23)19-20-8-10-24-11-9-20/h3-7,12,19H,2,8-11H2,1H3/b14-12+. The van der Waals surface area contributed by atoms with Crippen molar-refractivity contribution in [3.63, 3.8) is 0 Å². The molecule has 0 aromatic heterocycles. The van der Waals surface area contributed by atoms with Gasteiger partial charge in [0.25, 0.3) is 10.0 Å².